The number of aliphatic hydroxyl groups excluding tert-OH is 1. The minimum absolute atomic E-state index is 0.108. The van der Waals surface area contributed by atoms with Crippen molar-refractivity contribution in [3.05, 3.63) is 0 Å². The highest BCUT2D eigenvalue weighted by Gasteiger charge is 2.30. The third-order valence-electron chi connectivity index (χ3n) is 20.3. The molecule has 0 aromatic rings. The summed E-state index contributed by atoms with van der Waals surface area (Å²) in [5.74, 6) is -0.432. The molecule has 0 aromatic heterocycles. The summed E-state index contributed by atoms with van der Waals surface area (Å²) in [6, 6.07) is 0. The van der Waals surface area contributed by atoms with Crippen LogP contribution in [0.25, 0.3) is 0 Å². The zero-order valence-corrected chi connectivity index (χ0v) is 70.1. The van der Waals surface area contributed by atoms with Gasteiger partial charge in [0.25, 0.3) is 0 Å². The van der Waals surface area contributed by atoms with Crippen LogP contribution in [0.5, 0.6) is 0 Å². The first-order valence-electron chi connectivity index (χ1n) is 44.0. The van der Waals surface area contributed by atoms with Crippen LogP contribution >= 0.6 is 15.6 Å². The molecule has 0 amide bonds. The highest BCUT2D eigenvalue weighted by atomic mass is 31.2. The zero-order valence-electron chi connectivity index (χ0n) is 68.3. The van der Waals surface area contributed by atoms with Crippen LogP contribution in [0.2, 0.25) is 0 Å². The molecule has 0 aliphatic rings. The van der Waals surface area contributed by atoms with Gasteiger partial charge in [0.2, 0.25) is 0 Å². The standard InChI is InChI=1S/C85H166O17P2/c1-7-10-12-14-15-16-17-18-19-20-24-31-36-41-46-51-57-63-69-84(89)101-80(73-95-82(87)67-61-53-13-11-8-2)75-99-103(91,92)97-71-79(86)72-98-104(93,94)100-76-81(74-96-83(88)68-62-56-50-45-40-35-30-27-26-28-33-38-43-48-54-59-65-77(4)5)102-85(90)70-64-58-52-47-42-37-32-25-22-21-23-29-34-39-44-49-55-60-66-78(6)9-3/h77-81,86H,7-76H2,1-6H3,(H,91,92)(H,93,94)/t78?,79-,80+,81+/m0/s1. The van der Waals surface area contributed by atoms with Gasteiger partial charge in [0, 0.05) is 25.7 Å². The van der Waals surface area contributed by atoms with Gasteiger partial charge in [0.15, 0.2) is 12.2 Å². The number of aliphatic hydroxyl groups is 1. The molecule has 0 heterocycles. The van der Waals surface area contributed by atoms with Gasteiger partial charge in [-0.1, -0.05) is 401 Å². The summed E-state index contributed by atoms with van der Waals surface area (Å²) < 4.78 is 68.6. The van der Waals surface area contributed by atoms with Crippen molar-refractivity contribution in [1.29, 1.82) is 0 Å². The second-order valence-electron chi connectivity index (χ2n) is 31.3. The Balaban J connectivity index is 5.10. The van der Waals surface area contributed by atoms with Crippen LogP contribution < -0.4 is 0 Å². The third-order valence-corrected chi connectivity index (χ3v) is 22.2. The molecule has 0 saturated carbocycles. The molecular formula is C85H166O17P2. The summed E-state index contributed by atoms with van der Waals surface area (Å²) in [5.41, 5.74) is 0. The van der Waals surface area contributed by atoms with Gasteiger partial charge in [-0.2, -0.15) is 0 Å². The van der Waals surface area contributed by atoms with Gasteiger partial charge in [-0.3, -0.25) is 37.3 Å². The molecule has 17 nitrogen and oxygen atoms in total. The lowest BCUT2D eigenvalue weighted by Crippen LogP contribution is -2.30. The van der Waals surface area contributed by atoms with E-state index in [0.29, 0.717) is 25.7 Å². The Labute approximate surface area is 638 Å². The Morgan fingerprint density at radius 1 is 0.279 bits per heavy atom. The topological polar surface area (TPSA) is 237 Å². The van der Waals surface area contributed by atoms with Crippen LogP contribution in [-0.4, -0.2) is 96.7 Å². The summed E-state index contributed by atoms with van der Waals surface area (Å²) in [5, 5.41) is 10.6. The van der Waals surface area contributed by atoms with Crippen LogP contribution in [0.4, 0.5) is 0 Å². The average molecular weight is 1520 g/mol. The van der Waals surface area contributed by atoms with Gasteiger partial charge in [-0.25, -0.2) is 9.13 Å². The summed E-state index contributed by atoms with van der Waals surface area (Å²) >= 11 is 0. The Morgan fingerprint density at radius 2 is 0.490 bits per heavy atom. The molecule has 618 valence electrons. The Morgan fingerprint density at radius 3 is 0.731 bits per heavy atom. The van der Waals surface area contributed by atoms with E-state index in [4.69, 9.17) is 37.0 Å². The minimum atomic E-state index is -4.96. The van der Waals surface area contributed by atoms with Gasteiger partial charge >= 0.3 is 39.5 Å². The van der Waals surface area contributed by atoms with E-state index in [-0.39, 0.29) is 25.7 Å². The zero-order chi connectivity index (χ0) is 76.4. The summed E-state index contributed by atoms with van der Waals surface area (Å²) in [6.45, 7) is 9.67. The van der Waals surface area contributed by atoms with Crippen LogP contribution in [0.15, 0.2) is 0 Å². The number of phosphoric ester groups is 2. The van der Waals surface area contributed by atoms with Crippen molar-refractivity contribution in [1.82, 2.24) is 0 Å². The summed E-state index contributed by atoms with van der Waals surface area (Å²) in [7, 11) is -9.91. The first-order chi connectivity index (χ1) is 50.4. The van der Waals surface area contributed by atoms with Crippen molar-refractivity contribution >= 4 is 39.5 Å². The highest BCUT2D eigenvalue weighted by molar-refractivity contribution is 7.47. The maximum absolute atomic E-state index is 13.1. The maximum atomic E-state index is 13.1. The second kappa shape index (κ2) is 76.4. The lowest BCUT2D eigenvalue weighted by Gasteiger charge is -2.21. The molecule has 0 rings (SSSR count). The van der Waals surface area contributed by atoms with E-state index in [1.165, 1.54) is 263 Å². The van der Waals surface area contributed by atoms with E-state index in [2.05, 4.69) is 41.5 Å². The van der Waals surface area contributed by atoms with E-state index >= 15 is 0 Å². The molecule has 3 N–H and O–H groups in total. The van der Waals surface area contributed by atoms with Crippen LogP contribution in [0, 0.1) is 11.8 Å². The summed E-state index contributed by atoms with van der Waals surface area (Å²) in [4.78, 5) is 72.9. The van der Waals surface area contributed by atoms with Gasteiger partial charge in [-0.05, 0) is 37.5 Å². The van der Waals surface area contributed by atoms with Gasteiger partial charge in [0.1, 0.15) is 19.3 Å². The average Bonchev–Trinajstić information content (AvgIpc) is 0.910. The van der Waals surface area contributed by atoms with Crippen molar-refractivity contribution in [2.24, 2.45) is 11.8 Å². The molecule has 0 bridgehead atoms. The number of unbranched alkanes of at least 4 members (excludes halogenated alkanes) is 53. The number of hydrogen-bond donors (Lipinski definition) is 3. The largest absolute Gasteiger partial charge is 0.472 e. The Hall–Kier alpha value is -1.94. The fraction of sp³-hybridized carbons (Fsp3) is 0.953. The monoisotopic (exact) mass is 1520 g/mol. The second-order valence-corrected chi connectivity index (χ2v) is 34.2. The SMILES string of the molecule is CCCCCCCCCCCCCCCCCCCCC(=O)O[C@H](COC(=O)CCCCCCC)COP(=O)(O)OC[C@H](O)COP(=O)(O)OC[C@@H](COC(=O)CCCCCCCCCCCCCCCCCCC(C)C)OC(=O)CCCCCCCCCCCCCCCCCCCCC(C)CC. The van der Waals surface area contributed by atoms with E-state index < -0.39 is 97.5 Å². The molecule has 0 aromatic carbocycles. The van der Waals surface area contributed by atoms with Gasteiger partial charge < -0.3 is 33.8 Å². The van der Waals surface area contributed by atoms with Crippen molar-refractivity contribution in [3.63, 3.8) is 0 Å². The highest BCUT2D eigenvalue weighted by Crippen LogP contribution is 2.45. The number of esters is 4. The van der Waals surface area contributed by atoms with Gasteiger partial charge in [-0.15, -0.1) is 0 Å². The first-order valence-corrected chi connectivity index (χ1v) is 47.0. The molecule has 0 fully saturated rings. The summed E-state index contributed by atoms with van der Waals surface area (Å²) in [6.07, 6.45) is 68.5. The quantitative estimate of drug-likeness (QED) is 0.0222. The molecular weight excluding hydrogens is 1350 g/mol. The molecule has 6 atom stereocenters. The number of phosphoric acid groups is 2. The molecule has 19 heteroatoms. The Kier molecular flexibility index (Phi) is 75.0. The van der Waals surface area contributed by atoms with Crippen molar-refractivity contribution in [2.45, 2.75) is 471 Å². The predicted molar refractivity (Wildman–Crippen MR) is 428 cm³/mol. The lowest BCUT2D eigenvalue weighted by atomic mass is 9.99. The van der Waals surface area contributed by atoms with Crippen molar-refractivity contribution in [3.8, 4) is 0 Å². The molecule has 0 radical (unpaired) electrons. The minimum Gasteiger partial charge on any atom is -0.462 e. The third kappa shape index (κ3) is 76.8. The Bertz CT molecular complexity index is 2000. The fourth-order valence-electron chi connectivity index (χ4n) is 13.2. The number of hydrogen-bond acceptors (Lipinski definition) is 15. The van der Waals surface area contributed by atoms with Crippen LogP contribution in [0.3, 0.4) is 0 Å². The van der Waals surface area contributed by atoms with E-state index in [0.717, 1.165) is 108 Å². The lowest BCUT2D eigenvalue weighted by molar-refractivity contribution is -0.161. The number of ether oxygens (including phenoxy) is 4. The number of carbonyl (C=O) groups is 4. The van der Waals surface area contributed by atoms with Crippen LogP contribution in [-0.2, 0) is 65.4 Å². The molecule has 0 aliphatic heterocycles. The number of rotatable bonds is 84. The van der Waals surface area contributed by atoms with Gasteiger partial charge in [0.05, 0.1) is 26.4 Å². The fourth-order valence-corrected chi connectivity index (χ4v) is 14.8. The smallest absolute Gasteiger partial charge is 0.462 e. The molecule has 0 saturated heterocycles. The van der Waals surface area contributed by atoms with Crippen LogP contribution in [0.1, 0.15) is 452 Å². The van der Waals surface area contributed by atoms with E-state index in [1.807, 2.05) is 0 Å². The van der Waals surface area contributed by atoms with Crippen molar-refractivity contribution < 1.29 is 80.2 Å². The molecule has 104 heavy (non-hydrogen) atoms. The molecule has 0 aliphatic carbocycles. The van der Waals surface area contributed by atoms with Crippen molar-refractivity contribution in [2.75, 3.05) is 39.6 Å². The first kappa shape index (κ1) is 102. The normalized spacial score (nSPS) is 14.1. The predicted octanol–water partition coefficient (Wildman–Crippen LogP) is 25.8. The molecule has 3 unspecified atom stereocenters. The molecule has 0 spiro atoms. The van der Waals surface area contributed by atoms with E-state index in [1.54, 1.807) is 0 Å². The number of carbonyl (C=O) groups excluding carboxylic acids is 4. The van der Waals surface area contributed by atoms with E-state index in [9.17, 15) is 43.2 Å². The maximum Gasteiger partial charge on any atom is 0.472 e.